The van der Waals surface area contributed by atoms with E-state index in [4.69, 9.17) is 4.74 Å². The van der Waals surface area contributed by atoms with E-state index < -0.39 is 10.0 Å². The summed E-state index contributed by atoms with van der Waals surface area (Å²) in [6, 6.07) is 13.6. The van der Waals surface area contributed by atoms with Crippen molar-refractivity contribution in [3.63, 3.8) is 0 Å². The molecule has 0 aliphatic carbocycles. The van der Waals surface area contributed by atoms with Crippen molar-refractivity contribution in [3.05, 3.63) is 60.2 Å². The molecule has 1 N–H and O–H groups in total. The Morgan fingerprint density at radius 1 is 1.07 bits per heavy atom. The SMILES string of the molecule is CCN(CC)S(=O)(=O)c1ccc(C=CC(=O)Nc2ccccc2OC)cc1. The van der Waals surface area contributed by atoms with Crippen LogP contribution in [0.3, 0.4) is 0 Å². The lowest BCUT2D eigenvalue weighted by Crippen LogP contribution is -2.30. The van der Waals surface area contributed by atoms with Gasteiger partial charge in [0.1, 0.15) is 5.75 Å². The van der Waals surface area contributed by atoms with Gasteiger partial charge >= 0.3 is 0 Å². The lowest BCUT2D eigenvalue weighted by molar-refractivity contribution is -0.111. The Balaban J connectivity index is 2.08. The minimum atomic E-state index is -3.48. The molecule has 2 aromatic rings. The fourth-order valence-electron chi connectivity index (χ4n) is 2.56. The molecule has 0 radical (unpaired) electrons. The summed E-state index contributed by atoms with van der Waals surface area (Å²) in [5.74, 6) is 0.268. The second-order valence-corrected chi connectivity index (χ2v) is 7.62. The van der Waals surface area contributed by atoms with Gasteiger partial charge in [0.15, 0.2) is 0 Å². The van der Waals surface area contributed by atoms with Crippen molar-refractivity contribution in [2.24, 2.45) is 0 Å². The minimum Gasteiger partial charge on any atom is -0.495 e. The zero-order valence-electron chi connectivity index (χ0n) is 15.7. The molecule has 1 amide bonds. The van der Waals surface area contributed by atoms with E-state index >= 15 is 0 Å². The zero-order chi connectivity index (χ0) is 19.9. The molecule has 0 aromatic heterocycles. The van der Waals surface area contributed by atoms with Crippen molar-refractivity contribution in [2.75, 3.05) is 25.5 Å². The minimum absolute atomic E-state index is 0.238. The van der Waals surface area contributed by atoms with E-state index in [1.165, 1.54) is 17.5 Å². The number of carbonyl (C=O) groups excluding carboxylic acids is 1. The van der Waals surface area contributed by atoms with Crippen molar-refractivity contribution < 1.29 is 17.9 Å². The van der Waals surface area contributed by atoms with Gasteiger partial charge in [-0.25, -0.2) is 8.42 Å². The number of sulfonamides is 1. The Labute approximate surface area is 160 Å². The summed E-state index contributed by atoms with van der Waals surface area (Å²) in [4.78, 5) is 12.3. The average Bonchev–Trinajstić information content (AvgIpc) is 2.68. The lowest BCUT2D eigenvalue weighted by Gasteiger charge is -2.18. The zero-order valence-corrected chi connectivity index (χ0v) is 16.5. The maximum absolute atomic E-state index is 12.5. The van der Waals surface area contributed by atoms with E-state index in [0.717, 1.165) is 5.56 Å². The second kappa shape index (κ2) is 9.34. The van der Waals surface area contributed by atoms with Gasteiger partial charge in [0.05, 0.1) is 17.7 Å². The number of nitrogens with zero attached hydrogens (tertiary/aromatic N) is 1. The van der Waals surface area contributed by atoms with Crippen LogP contribution < -0.4 is 10.1 Å². The van der Waals surface area contributed by atoms with E-state index in [2.05, 4.69) is 5.32 Å². The Kier molecular flexibility index (Phi) is 7.15. The van der Waals surface area contributed by atoms with Crippen LogP contribution in [0.5, 0.6) is 5.75 Å². The van der Waals surface area contributed by atoms with Gasteiger partial charge in [0.25, 0.3) is 0 Å². The van der Waals surface area contributed by atoms with Crippen molar-refractivity contribution in [1.29, 1.82) is 0 Å². The Morgan fingerprint density at radius 3 is 2.30 bits per heavy atom. The molecule has 6 nitrogen and oxygen atoms in total. The van der Waals surface area contributed by atoms with E-state index in [9.17, 15) is 13.2 Å². The summed E-state index contributed by atoms with van der Waals surface area (Å²) in [5, 5.41) is 2.74. The lowest BCUT2D eigenvalue weighted by atomic mass is 10.2. The van der Waals surface area contributed by atoms with Gasteiger partial charge in [-0.15, -0.1) is 0 Å². The number of hydrogen-bond donors (Lipinski definition) is 1. The predicted molar refractivity (Wildman–Crippen MR) is 107 cm³/mol. The molecular weight excluding hydrogens is 364 g/mol. The summed E-state index contributed by atoms with van der Waals surface area (Å²) in [5.41, 5.74) is 1.30. The maximum Gasteiger partial charge on any atom is 0.248 e. The molecule has 27 heavy (non-hydrogen) atoms. The largest absolute Gasteiger partial charge is 0.495 e. The molecule has 0 spiro atoms. The number of amides is 1. The van der Waals surface area contributed by atoms with Crippen LogP contribution in [-0.4, -0.2) is 38.8 Å². The molecule has 0 heterocycles. The van der Waals surface area contributed by atoms with Gasteiger partial charge in [0, 0.05) is 19.2 Å². The first-order valence-corrected chi connectivity index (χ1v) is 10.1. The van der Waals surface area contributed by atoms with Gasteiger partial charge in [-0.1, -0.05) is 38.1 Å². The van der Waals surface area contributed by atoms with Gasteiger partial charge in [-0.3, -0.25) is 4.79 Å². The molecule has 144 valence electrons. The number of nitrogens with one attached hydrogen (secondary N) is 1. The third-order valence-electron chi connectivity index (χ3n) is 4.02. The van der Waals surface area contributed by atoms with E-state index in [-0.39, 0.29) is 10.8 Å². The predicted octanol–water partition coefficient (Wildman–Crippen LogP) is 3.38. The Bertz CT molecular complexity index is 902. The molecule has 0 unspecified atom stereocenters. The molecule has 0 fully saturated rings. The highest BCUT2D eigenvalue weighted by Crippen LogP contribution is 2.23. The van der Waals surface area contributed by atoms with E-state index in [0.29, 0.717) is 24.5 Å². The Hall–Kier alpha value is -2.64. The first kappa shape index (κ1) is 20.7. The highest BCUT2D eigenvalue weighted by molar-refractivity contribution is 7.89. The third-order valence-corrected chi connectivity index (χ3v) is 6.08. The van der Waals surface area contributed by atoms with Crippen molar-refractivity contribution in [1.82, 2.24) is 4.31 Å². The van der Waals surface area contributed by atoms with Crippen LogP contribution in [0.4, 0.5) is 5.69 Å². The topological polar surface area (TPSA) is 75.7 Å². The molecule has 0 aliphatic rings. The number of hydrogen-bond acceptors (Lipinski definition) is 4. The van der Waals surface area contributed by atoms with Crippen LogP contribution in [0.25, 0.3) is 6.08 Å². The number of para-hydroxylation sites is 2. The molecule has 2 rings (SSSR count). The summed E-state index contributed by atoms with van der Waals surface area (Å²) >= 11 is 0. The molecule has 2 aromatic carbocycles. The highest BCUT2D eigenvalue weighted by Gasteiger charge is 2.20. The molecule has 7 heteroatoms. The maximum atomic E-state index is 12.5. The number of methoxy groups -OCH3 is 1. The second-order valence-electron chi connectivity index (χ2n) is 5.68. The van der Waals surface area contributed by atoms with Crippen LogP contribution in [0.1, 0.15) is 19.4 Å². The van der Waals surface area contributed by atoms with E-state index in [1.54, 1.807) is 62.4 Å². The van der Waals surface area contributed by atoms with Gasteiger partial charge in [0.2, 0.25) is 15.9 Å². The monoisotopic (exact) mass is 388 g/mol. The number of anilines is 1. The van der Waals surface area contributed by atoms with E-state index in [1.807, 2.05) is 6.07 Å². The third kappa shape index (κ3) is 5.18. The standard InChI is InChI=1S/C20H24N2O4S/c1-4-22(5-2)27(24,25)17-13-10-16(11-14-17)12-15-20(23)21-18-8-6-7-9-19(18)26-3/h6-15H,4-5H2,1-3H3,(H,21,23). The number of rotatable bonds is 8. The summed E-state index contributed by atoms with van der Waals surface area (Å²) in [6.07, 6.45) is 3.01. The van der Waals surface area contributed by atoms with Gasteiger partial charge in [-0.05, 0) is 35.9 Å². The molecular formula is C20H24N2O4S. The van der Waals surface area contributed by atoms with Crippen LogP contribution in [-0.2, 0) is 14.8 Å². The summed E-state index contributed by atoms with van der Waals surface area (Å²) in [6.45, 7) is 4.45. The van der Waals surface area contributed by atoms with Crippen LogP contribution in [0, 0.1) is 0 Å². The van der Waals surface area contributed by atoms with Crippen LogP contribution in [0.2, 0.25) is 0 Å². The summed E-state index contributed by atoms with van der Waals surface area (Å²) in [7, 11) is -1.95. The molecule has 0 aliphatic heterocycles. The number of carbonyl (C=O) groups is 1. The summed E-state index contributed by atoms with van der Waals surface area (Å²) < 4.78 is 31.5. The smallest absolute Gasteiger partial charge is 0.248 e. The van der Waals surface area contributed by atoms with Crippen LogP contribution >= 0.6 is 0 Å². The first-order chi connectivity index (χ1) is 12.9. The average molecular weight is 388 g/mol. The van der Waals surface area contributed by atoms with Crippen molar-refractivity contribution in [2.45, 2.75) is 18.7 Å². The number of ether oxygens (including phenoxy) is 1. The molecule has 0 bridgehead atoms. The fourth-order valence-corrected chi connectivity index (χ4v) is 4.02. The van der Waals surface area contributed by atoms with Gasteiger partial charge < -0.3 is 10.1 Å². The quantitative estimate of drug-likeness (QED) is 0.704. The fraction of sp³-hybridized carbons (Fsp3) is 0.250. The highest BCUT2D eigenvalue weighted by atomic mass is 32.2. The molecule has 0 saturated heterocycles. The molecule has 0 atom stereocenters. The van der Waals surface area contributed by atoms with Crippen molar-refractivity contribution >= 4 is 27.7 Å². The Morgan fingerprint density at radius 2 is 1.70 bits per heavy atom. The normalized spacial score (nSPS) is 11.7. The van der Waals surface area contributed by atoms with Gasteiger partial charge in [-0.2, -0.15) is 4.31 Å². The molecule has 0 saturated carbocycles. The van der Waals surface area contributed by atoms with Crippen LogP contribution in [0.15, 0.2) is 59.5 Å². The first-order valence-electron chi connectivity index (χ1n) is 8.64. The van der Waals surface area contributed by atoms with Crippen molar-refractivity contribution in [3.8, 4) is 5.75 Å². The number of benzene rings is 2.